The summed E-state index contributed by atoms with van der Waals surface area (Å²) >= 11 is 0. The lowest BCUT2D eigenvalue weighted by Crippen LogP contribution is -2.30. The number of carbonyl (C=O) groups excluding carboxylic acids is 3. The lowest BCUT2D eigenvalue weighted by molar-refractivity contribution is -0.166. The van der Waals surface area contributed by atoms with Gasteiger partial charge >= 0.3 is 17.9 Å². The van der Waals surface area contributed by atoms with E-state index < -0.39 is 6.10 Å². The molecule has 1 unspecified atom stereocenters. The molecule has 400 valence electrons. The Morgan fingerprint density at radius 1 is 0.300 bits per heavy atom. The highest BCUT2D eigenvalue weighted by atomic mass is 16.6. The van der Waals surface area contributed by atoms with E-state index in [0.29, 0.717) is 19.3 Å². The van der Waals surface area contributed by atoms with Gasteiger partial charge in [-0.3, -0.25) is 14.4 Å². The van der Waals surface area contributed by atoms with Gasteiger partial charge < -0.3 is 14.2 Å². The average Bonchev–Trinajstić information content (AvgIpc) is 3.36. The first-order chi connectivity index (χ1) is 34.5. The molecule has 0 amide bonds. The molecular weight excluding hydrogens is 865 g/mol. The van der Waals surface area contributed by atoms with E-state index in [-0.39, 0.29) is 37.5 Å². The monoisotopic (exact) mass is 973 g/mol. The van der Waals surface area contributed by atoms with E-state index in [0.717, 1.165) is 96.3 Å². The van der Waals surface area contributed by atoms with Crippen LogP contribution >= 0.6 is 0 Å². The number of esters is 3. The van der Waals surface area contributed by atoms with Gasteiger partial charge in [0.1, 0.15) is 13.2 Å². The lowest BCUT2D eigenvalue weighted by atomic mass is 10.0. The predicted octanol–water partition coefficient (Wildman–Crippen LogP) is 19.7. The fourth-order valence-corrected chi connectivity index (χ4v) is 8.04. The highest BCUT2D eigenvalue weighted by Gasteiger charge is 2.19. The van der Waals surface area contributed by atoms with E-state index >= 15 is 0 Å². The highest BCUT2D eigenvalue weighted by Crippen LogP contribution is 2.16. The van der Waals surface area contributed by atoms with Crippen LogP contribution in [0.5, 0.6) is 0 Å². The number of unbranched alkanes of at least 4 members (excludes halogenated alkanes) is 25. The van der Waals surface area contributed by atoms with E-state index in [1.807, 2.05) is 6.08 Å². The molecule has 0 rings (SSSR count). The minimum Gasteiger partial charge on any atom is -0.462 e. The van der Waals surface area contributed by atoms with Crippen molar-refractivity contribution < 1.29 is 28.6 Å². The smallest absolute Gasteiger partial charge is 0.306 e. The SMILES string of the molecule is CC/C=C\C/C=C\C/C=C\C/C=C\C/C=C\C/C=C\CCC(=O)OCC(COC(=O)CCCCCCCCC/C=C\C/C=C\CC)OC(=O)CCCCCCCCCCCCCCCCCCCCC. The second kappa shape index (κ2) is 57.9. The van der Waals surface area contributed by atoms with Crippen LogP contribution in [0.25, 0.3) is 0 Å². The highest BCUT2D eigenvalue weighted by molar-refractivity contribution is 5.71. The van der Waals surface area contributed by atoms with Gasteiger partial charge in [-0.1, -0.05) is 266 Å². The van der Waals surface area contributed by atoms with Crippen molar-refractivity contribution in [3.05, 3.63) is 97.2 Å². The van der Waals surface area contributed by atoms with Gasteiger partial charge in [-0.05, 0) is 83.5 Å². The number of rotatable bonds is 52. The van der Waals surface area contributed by atoms with Crippen molar-refractivity contribution in [2.75, 3.05) is 13.2 Å². The molecule has 0 N–H and O–H groups in total. The minimum absolute atomic E-state index is 0.104. The third-order valence-electron chi connectivity index (χ3n) is 12.3. The van der Waals surface area contributed by atoms with Gasteiger partial charge in [-0.25, -0.2) is 0 Å². The Hall–Kier alpha value is -3.67. The van der Waals surface area contributed by atoms with Crippen LogP contribution in [-0.4, -0.2) is 37.2 Å². The van der Waals surface area contributed by atoms with Crippen molar-refractivity contribution in [1.82, 2.24) is 0 Å². The van der Waals surface area contributed by atoms with Gasteiger partial charge in [0.15, 0.2) is 6.10 Å². The molecule has 0 aliphatic carbocycles. The van der Waals surface area contributed by atoms with Crippen molar-refractivity contribution in [2.24, 2.45) is 0 Å². The first-order valence-electron chi connectivity index (χ1n) is 29.2. The number of ether oxygens (including phenoxy) is 3. The summed E-state index contributed by atoms with van der Waals surface area (Å²) in [5.41, 5.74) is 0. The molecular formula is C64H108O6. The zero-order valence-electron chi connectivity index (χ0n) is 45.8. The van der Waals surface area contributed by atoms with Crippen molar-refractivity contribution in [3.63, 3.8) is 0 Å². The maximum atomic E-state index is 12.9. The Bertz CT molecular complexity index is 1400. The largest absolute Gasteiger partial charge is 0.462 e. The summed E-state index contributed by atoms with van der Waals surface area (Å²) < 4.78 is 16.8. The normalized spacial score (nSPS) is 12.8. The molecule has 0 aliphatic rings. The van der Waals surface area contributed by atoms with Gasteiger partial charge in [0.25, 0.3) is 0 Å². The van der Waals surface area contributed by atoms with Gasteiger partial charge in [0.05, 0.1) is 0 Å². The molecule has 0 saturated heterocycles. The lowest BCUT2D eigenvalue weighted by Gasteiger charge is -2.18. The number of allylic oxidation sites excluding steroid dienone is 16. The molecule has 0 aliphatic heterocycles. The summed E-state index contributed by atoms with van der Waals surface area (Å²) in [6.45, 7) is 6.37. The van der Waals surface area contributed by atoms with E-state index in [9.17, 15) is 14.4 Å². The fourth-order valence-electron chi connectivity index (χ4n) is 8.04. The van der Waals surface area contributed by atoms with E-state index in [4.69, 9.17) is 14.2 Å². The molecule has 0 spiro atoms. The van der Waals surface area contributed by atoms with E-state index in [2.05, 4.69) is 112 Å². The summed E-state index contributed by atoms with van der Waals surface area (Å²) in [5.74, 6) is -0.992. The summed E-state index contributed by atoms with van der Waals surface area (Å²) in [6.07, 6.45) is 77.0. The standard InChI is InChI=1S/C64H108O6/c1-4-7-10-13-16-19-22-25-28-30-32-34-36-39-42-45-48-51-54-57-63(66)69-60-61(59-68-62(65)56-53-50-47-44-41-38-27-24-21-18-15-12-9-6-3)70-64(67)58-55-52-49-46-43-40-37-35-33-31-29-26-23-20-17-14-11-8-5-2/h7,9-10,12,16,18-19,21,25,28,32,34,39,42,48,51,61H,4-6,8,11,13-15,17,20,22-24,26-27,29-31,33,35-38,40-41,43-47,49-50,52-60H2,1-3H3/b10-7-,12-9-,19-16-,21-18-,28-25-,34-32-,42-39-,51-48-. The number of carbonyl (C=O) groups is 3. The molecule has 0 bridgehead atoms. The fraction of sp³-hybridized carbons (Fsp3) is 0.703. The van der Waals surface area contributed by atoms with Gasteiger partial charge in [-0.15, -0.1) is 0 Å². The van der Waals surface area contributed by atoms with Crippen LogP contribution < -0.4 is 0 Å². The van der Waals surface area contributed by atoms with Crippen LogP contribution in [0, 0.1) is 0 Å². The van der Waals surface area contributed by atoms with Crippen molar-refractivity contribution >= 4 is 17.9 Å². The Morgan fingerprint density at radius 2 is 0.586 bits per heavy atom. The Labute approximate surface area is 432 Å². The van der Waals surface area contributed by atoms with Crippen LogP contribution in [0.1, 0.15) is 271 Å². The molecule has 0 aromatic heterocycles. The average molecular weight is 974 g/mol. The molecule has 1 atom stereocenters. The molecule has 0 heterocycles. The second-order valence-corrected chi connectivity index (χ2v) is 19.1. The van der Waals surface area contributed by atoms with Crippen molar-refractivity contribution in [3.8, 4) is 0 Å². The van der Waals surface area contributed by atoms with E-state index in [1.54, 1.807) is 0 Å². The third kappa shape index (κ3) is 55.3. The maximum Gasteiger partial charge on any atom is 0.306 e. The Morgan fingerprint density at radius 3 is 0.957 bits per heavy atom. The van der Waals surface area contributed by atoms with Crippen LogP contribution in [-0.2, 0) is 28.6 Å². The summed E-state index contributed by atoms with van der Waals surface area (Å²) in [7, 11) is 0. The molecule has 6 heteroatoms. The molecule has 0 saturated carbocycles. The molecule has 6 nitrogen and oxygen atoms in total. The van der Waals surface area contributed by atoms with Crippen LogP contribution in [0.2, 0.25) is 0 Å². The number of hydrogen-bond donors (Lipinski definition) is 0. The number of hydrogen-bond acceptors (Lipinski definition) is 6. The van der Waals surface area contributed by atoms with E-state index in [1.165, 1.54) is 128 Å². The minimum atomic E-state index is -0.811. The quantitative estimate of drug-likeness (QED) is 0.0262. The predicted molar refractivity (Wildman–Crippen MR) is 302 cm³/mol. The Balaban J connectivity index is 4.47. The first kappa shape index (κ1) is 66.3. The van der Waals surface area contributed by atoms with Gasteiger partial charge in [-0.2, -0.15) is 0 Å². The van der Waals surface area contributed by atoms with Gasteiger partial charge in [0.2, 0.25) is 0 Å². The van der Waals surface area contributed by atoms with Crippen LogP contribution in [0.15, 0.2) is 97.2 Å². The Kier molecular flexibility index (Phi) is 54.9. The van der Waals surface area contributed by atoms with Crippen LogP contribution in [0.3, 0.4) is 0 Å². The molecule has 0 radical (unpaired) electrons. The zero-order chi connectivity index (χ0) is 50.7. The second-order valence-electron chi connectivity index (χ2n) is 19.1. The first-order valence-corrected chi connectivity index (χ1v) is 29.2. The van der Waals surface area contributed by atoms with Crippen LogP contribution in [0.4, 0.5) is 0 Å². The third-order valence-corrected chi connectivity index (χ3v) is 12.3. The molecule has 70 heavy (non-hydrogen) atoms. The molecule has 0 fully saturated rings. The molecule has 0 aromatic carbocycles. The molecule has 0 aromatic rings. The van der Waals surface area contributed by atoms with Crippen molar-refractivity contribution in [1.29, 1.82) is 0 Å². The summed E-state index contributed by atoms with van der Waals surface area (Å²) in [5, 5.41) is 0. The van der Waals surface area contributed by atoms with Crippen molar-refractivity contribution in [2.45, 2.75) is 277 Å². The van der Waals surface area contributed by atoms with Gasteiger partial charge in [0, 0.05) is 19.3 Å². The topological polar surface area (TPSA) is 78.9 Å². The maximum absolute atomic E-state index is 12.9. The summed E-state index contributed by atoms with van der Waals surface area (Å²) in [4.78, 5) is 38.1. The zero-order valence-corrected chi connectivity index (χ0v) is 45.8. The summed E-state index contributed by atoms with van der Waals surface area (Å²) in [6, 6.07) is 0.